The van der Waals surface area contributed by atoms with Crippen LogP contribution in [0.4, 0.5) is 0 Å². The van der Waals surface area contributed by atoms with E-state index in [0.717, 1.165) is 12.0 Å². The molecule has 0 unspecified atom stereocenters. The van der Waals surface area contributed by atoms with Crippen molar-refractivity contribution < 1.29 is 14.9 Å². The second-order valence-corrected chi connectivity index (χ2v) is 3.93. The standard InChI is InChI=1S/C11H14O3/c1-7-6-8-4-3-5-9(12)10(8)11(2,13)14-7/h3-5,7,12-13H,6H2,1-2H3/t7-,11+/m0/s1. The Balaban J connectivity index is 2.58. The molecule has 0 aliphatic carbocycles. The highest BCUT2D eigenvalue weighted by Gasteiger charge is 2.36. The van der Waals surface area contributed by atoms with Crippen molar-refractivity contribution in [1.29, 1.82) is 0 Å². The fourth-order valence-electron chi connectivity index (χ4n) is 2.09. The summed E-state index contributed by atoms with van der Waals surface area (Å²) in [6.45, 7) is 3.46. The van der Waals surface area contributed by atoms with Crippen molar-refractivity contribution in [3.8, 4) is 5.75 Å². The van der Waals surface area contributed by atoms with Crippen LogP contribution in [0.1, 0.15) is 25.0 Å². The summed E-state index contributed by atoms with van der Waals surface area (Å²) >= 11 is 0. The topological polar surface area (TPSA) is 49.7 Å². The Kier molecular flexibility index (Phi) is 2.01. The Morgan fingerprint density at radius 1 is 1.50 bits per heavy atom. The van der Waals surface area contributed by atoms with E-state index in [1.807, 2.05) is 13.0 Å². The summed E-state index contributed by atoms with van der Waals surface area (Å²) in [5, 5.41) is 19.6. The molecule has 0 aromatic heterocycles. The van der Waals surface area contributed by atoms with E-state index in [0.29, 0.717) is 5.56 Å². The molecule has 1 aliphatic heterocycles. The maximum atomic E-state index is 10.00. The first-order valence-electron chi connectivity index (χ1n) is 4.72. The highest BCUT2D eigenvalue weighted by Crippen LogP contribution is 2.38. The lowest BCUT2D eigenvalue weighted by Gasteiger charge is -2.35. The molecular formula is C11H14O3. The van der Waals surface area contributed by atoms with Gasteiger partial charge in [-0.1, -0.05) is 12.1 Å². The number of phenolic OH excluding ortho intramolecular Hbond substituents is 1. The number of phenols is 1. The fraction of sp³-hybridized carbons (Fsp3) is 0.455. The van der Waals surface area contributed by atoms with Crippen molar-refractivity contribution in [2.75, 3.05) is 0 Å². The molecule has 14 heavy (non-hydrogen) atoms. The Morgan fingerprint density at radius 3 is 2.93 bits per heavy atom. The van der Waals surface area contributed by atoms with E-state index in [9.17, 15) is 10.2 Å². The van der Waals surface area contributed by atoms with Gasteiger partial charge in [-0.15, -0.1) is 0 Å². The van der Waals surface area contributed by atoms with E-state index in [-0.39, 0.29) is 11.9 Å². The highest BCUT2D eigenvalue weighted by molar-refractivity contribution is 5.43. The summed E-state index contributed by atoms with van der Waals surface area (Å²) in [6, 6.07) is 5.25. The number of aliphatic hydroxyl groups is 1. The summed E-state index contributed by atoms with van der Waals surface area (Å²) in [6.07, 6.45) is 0.694. The van der Waals surface area contributed by atoms with Gasteiger partial charge in [0.05, 0.1) is 11.7 Å². The van der Waals surface area contributed by atoms with Gasteiger partial charge in [0.25, 0.3) is 0 Å². The molecule has 2 atom stereocenters. The third-order valence-electron chi connectivity index (χ3n) is 2.53. The minimum absolute atomic E-state index is 0.0284. The quantitative estimate of drug-likeness (QED) is 0.658. The molecular weight excluding hydrogens is 180 g/mol. The first kappa shape index (κ1) is 9.49. The molecule has 0 bridgehead atoms. The minimum Gasteiger partial charge on any atom is -0.507 e. The molecule has 0 fully saturated rings. The van der Waals surface area contributed by atoms with E-state index < -0.39 is 5.79 Å². The summed E-state index contributed by atoms with van der Waals surface area (Å²) in [7, 11) is 0. The van der Waals surface area contributed by atoms with E-state index in [2.05, 4.69) is 0 Å². The van der Waals surface area contributed by atoms with Crippen LogP contribution in [0.5, 0.6) is 5.75 Å². The molecule has 76 valence electrons. The monoisotopic (exact) mass is 194 g/mol. The summed E-state index contributed by atoms with van der Waals surface area (Å²) < 4.78 is 5.38. The average molecular weight is 194 g/mol. The lowest BCUT2D eigenvalue weighted by Crippen LogP contribution is -2.36. The van der Waals surface area contributed by atoms with Gasteiger partial charge >= 0.3 is 0 Å². The molecule has 1 aromatic rings. The van der Waals surface area contributed by atoms with Crippen LogP contribution in [0.15, 0.2) is 18.2 Å². The zero-order valence-electron chi connectivity index (χ0n) is 8.32. The number of hydrogen-bond acceptors (Lipinski definition) is 3. The van der Waals surface area contributed by atoms with Gasteiger partial charge in [0.1, 0.15) is 5.75 Å². The lowest BCUT2D eigenvalue weighted by molar-refractivity contribution is -0.231. The Labute approximate surface area is 83.0 Å². The van der Waals surface area contributed by atoms with Gasteiger partial charge < -0.3 is 14.9 Å². The van der Waals surface area contributed by atoms with Crippen molar-refractivity contribution in [2.24, 2.45) is 0 Å². The predicted molar refractivity (Wildman–Crippen MR) is 51.9 cm³/mol. The Bertz CT molecular complexity index is 358. The fourth-order valence-corrected chi connectivity index (χ4v) is 2.09. The maximum absolute atomic E-state index is 10.00. The van der Waals surface area contributed by atoms with E-state index >= 15 is 0 Å². The second kappa shape index (κ2) is 2.97. The Hall–Kier alpha value is -1.06. The van der Waals surface area contributed by atoms with Gasteiger partial charge in [-0.2, -0.15) is 0 Å². The van der Waals surface area contributed by atoms with Gasteiger partial charge in [0.15, 0.2) is 5.79 Å². The maximum Gasteiger partial charge on any atom is 0.193 e. The van der Waals surface area contributed by atoms with Crippen LogP contribution >= 0.6 is 0 Å². The zero-order valence-corrected chi connectivity index (χ0v) is 8.32. The van der Waals surface area contributed by atoms with Crippen molar-refractivity contribution in [1.82, 2.24) is 0 Å². The van der Waals surface area contributed by atoms with Crippen LogP contribution in [0.3, 0.4) is 0 Å². The van der Waals surface area contributed by atoms with Gasteiger partial charge in [-0.25, -0.2) is 0 Å². The predicted octanol–water partition coefficient (Wildman–Crippen LogP) is 1.52. The highest BCUT2D eigenvalue weighted by atomic mass is 16.6. The summed E-state index contributed by atoms with van der Waals surface area (Å²) in [5.41, 5.74) is 1.45. The first-order valence-corrected chi connectivity index (χ1v) is 4.72. The molecule has 1 aromatic carbocycles. The molecule has 3 heteroatoms. The molecule has 0 amide bonds. The third-order valence-corrected chi connectivity index (χ3v) is 2.53. The van der Waals surface area contributed by atoms with Crippen molar-refractivity contribution in [2.45, 2.75) is 32.2 Å². The van der Waals surface area contributed by atoms with Crippen LogP contribution in [0.25, 0.3) is 0 Å². The molecule has 1 aliphatic rings. The number of ether oxygens (including phenoxy) is 1. The number of rotatable bonds is 0. The molecule has 0 saturated carbocycles. The molecule has 3 nitrogen and oxygen atoms in total. The van der Waals surface area contributed by atoms with Gasteiger partial charge in [0.2, 0.25) is 0 Å². The SMILES string of the molecule is C[C@H]1Cc2cccc(O)c2[C@](C)(O)O1. The zero-order chi connectivity index (χ0) is 10.3. The van der Waals surface area contributed by atoms with Gasteiger partial charge in [0, 0.05) is 0 Å². The molecule has 2 N–H and O–H groups in total. The van der Waals surface area contributed by atoms with Crippen LogP contribution in [-0.4, -0.2) is 16.3 Å². The summed E-state index contributed by atoms with van der Waals surface area (Å²) in [5.74, 6) is -1.28. The molecule has 0 saturated heterocycles. The molecule has 0 radical (unpaired) electrons. The van der Waals surface area contributed by atoms with Crippen LogP contribution in [0, 0.1) is 0 Å². The summed E-state index contributed by atoms with van der Waals surface area (Å²) in [4.78, 5) is 0. The number of fused-ring (bicyclic) bond motifs is 1. The van der Waals surface area contributed by atoms with Crippen molar-refractivity contribution in [3.05, 3.63) is 29.3 Å². The first-order chi connectivity index (χ1) is 6.50. The van der Waals surface area contributed by atoms with Crippen LogP contribution < -0.4 is 0 Å². The van der Waals surface area contributed by atoms with E-state index in [1.54, 1.807) is 19.1 Å². The van der Waals surface area contributed by atoms with Crippen LogP contribution in [-0.2, 0) is 16.9 Å². The average Bonchev–Trinajstić information content (AvgIpc) is 2.00. The van der Waals surface area contributed by atoms with Gasteiger partial charge in [-0.3, -0.25) is 0 Å². The molecule has 2 rings (SSSR count). The van der Waals surface area contributed by atoms with Crippen LogP contribution in [0.2, 0.25) is 0 Å². The van der Waals surface area contributed by atoms with E-state index in [1.165, 1.54) is 0 Å². The minimum atomic E-state index is -1.38. The molecule has 1 heterocycles. The Morgan fingerprint density at radius 2 is 2.21 bits per heavy atom. The molecule has 0 spiro atoms. The number of benzene rings is 1. The van der Waals surface area contributed by atoms with Crippen molar-refractivity contribution in [3.63, 3.8) is 0 Å². The van der Waals surface area contributed by atoms with Gasteiger partial charge in [-0.05, 0) is 31.9 Å². The normalized spacial score (nSPS) is 31.2. The number of hydrogen-bond donors (Lipinski definition) is 2. The third kappa shape index (κ3) is 1.38. The van der Waals surface area contributed by atoms with E-state index in [4.69, 9.17) is 4.74 Å². The largest absolute Gasteiger partial charge is 0.507 e. The second-order valence-electron chi connectivity index (χ2n) is 3.93. The lowest BCUT2D eigenvalue weighted by atomic mass is 9.92. The number of aromatic hydroxyl groups is 1. The smallest absolute Gasteiger partial charge is 0.193 e. The van der Waals surface area contributed by atoms with Crippen molar-refractivity contribution >= 4 is 0 Å².